The van der Waals surface area contributed by atoms with Gasteiger partial charge < -0.3 is 5.11 Å². The maximum Gasteiger partial charge on any atom is 0.413 e. The zero-order valence-electron chi connectivity index (χ0n) is 13.4. The van der Waals surface area contributed by atoms with Crippen LogP contribution in [0.15, 0.2) is 47.4 Å². The van der Waals surface area contributed by atoms with Gasteiger partial charge >= 0.3 is 11.8 Å². The summed E-state index contributed by atoms with van der Waals surface area (Å²) in [5, 5.41) is 9.42. The predicted molar refractivity (Wildman–Crippen MR) is 102 cm³/mol. The number of amides is 1. The van der Waals surface area contributed by atoms with Crippen molar-refractivity contribution in [2.24, 2.45) is 7.05 Å². The Kier molecular flexibility index (Phi) is 4.88. The van der Waals surface area contributed by atoms with Gasteiger partial charge in [0.1, 0.15) is 5.82 Å². The number of pyridine rings is 1. The maximum atomic E-state index is 12.6. The number of anilines is 1. The number of imidazole rings is 1. The highest BCUT2D eigenvalue weighted by molar-refractivity contribution is 6.68. The number of carbonyl (C=O) groups is 1. The normalized spacial score (nSPS) is 11.7. The van der Waals surface area contributed by atoms with Crippen LogP contribution < -0.4 is 10.6 Å². The van der Waals surface area contributed by atoms with E-state index in [1.54, 1.807) is 19.2 Å². The zero-order chi connectivity index (χ0) is 19.1. The lowest BCUT2D eigenvalue weighted by Gasteiger charge is -2.22. The third kappa shape index (κ3) is 3.51. The van der Waals surface area contributed by atoms with Gasteiger partial charge in [-0.3, -0.25) is 14.0 Å². The van der Waals surface area contributed by atoms with E-state index in [-0.39, 0.29) is 11.5 Å². The van der Waals surface area contributed by atoms with E-state index >= 15 is 0 Å². The molecule has 0 saturated heterocycles. The van der Waals surface area contributed by atoms with E-state index in [0.29, 0.717) is 11.2 Å². The van der Waals surface area contributed by atoms with Gasteiger partial charge in [0, 0.05) is 19.3 Å². The fourth-order valence-corrected chi connectivity index (χ4v) is 3.02. The van der Waals surface area contributed by atoms with Gasteiger partial charge in [-0.15, -0.1) is 0 Å². The molecular formula is C16H13Cl3N4O3. The molecule has 0 fully saturated rings. The lowest BCUT2D eigenvalue weighted by Crippen LogP contribution is -2.37. The molecular weight excluding hydrogens is 403 g/mol. The zero-order valence-corrected chi connectivity index (χ0v) is 15.7. The molecule has 3 rings (SSSR count). The molecule has 2 heterocycles. The van der Waals surface area contributed by atoms with Crippen LogP contribution in [0.1, 0.15) is 0 Å². The summed E-state index contributed by atoms with van der Waals surface area (Å²) in [5.41, 5.74) is 1.60. The van der Waals surface area contributed by atoms with E-state index < -0.39 is 16.4 Å². The van der Waals surface area contributed by atoms with Crippen LogP contribution in [0.3, 0.4) is 0 Å². The quantitative estimate of drug-likeness (QED) is 0.663. The van der Waals surface area contributed by atoms with Crippen LogP contribution in [0.25, 0.3) is 16.7 Å². The molecule has 0 spiro atoms. The highest BCUT2D eigenvalue weighted by Gasteiger charge is 2.29. The lowest BCUT2D eigenvalue weighted by atomic mass is 10.3. The summed E-state index contributed by atoms with van der Waals surface area (Å²) in [7, 11) is 1.66. The molecule has 1 N–H and O–H groups in total. The fraction of sp³-hybridized carbons (Fsp3) is 0.188. The molecule has 0 aliphatic carbocycles. The highest BCUT2D eigenvalue weighted by Crippen LogP contribution is 2.29. The van der Waals surface area contributed by atoms with Gasteiger partial charge in [0.25, 0.3) is 0 Å². The molecule has 0 atom stereocenters. The van der Waals surface area contributed by atoms with Crippen LogP contribution in [-0.2, 0) is 7.05 Å². The van der Waals surface area contributed by atoms with E-state index in [0.717, 1.165) is 10.4 Å². The Morgan fingerprint density at radius 1 is 1.23 bits per heavy atom. The fourth-order valence-electron chi connectivity index (χ4n) is 2.66. The number of alkyl halides is 3. The Balaban J connectivity index is 2.15. The average molecular weight is 416 g/mol. The van der Waals surface area contributed by atoms with Crippen LogP contribution >= 0.6 is 34.8 Å². The number of halogens is 3. The van der Waals surface area contributed by atoms with E-state index in [1.807, 2.05) is 18.2 Å². The van der Waals surface area contributed by atoms with Crippen LogP contribution in [0.2, 0.25) is 0 Å². The number of hydrogen-bond donors (Lipinski definition) is 1. The summed E-state index contributed by atoms with van der Waals surface area (Å²) in [4.78, 5) is 29.0. The molecule has 0 unspecified atom stereocenters. The first-order valence-electron chi connectivity index (χ1n) is 7.39. The molecule has 3 aromatic rings. The van der Waals surface area contributed by atoms with Crippen molar-refractivity contribution in [1.29, 1.82) is 0 Å². The molecule has 0 aliphatic rings. The molecule has 7 nitrogen and oxygen atoms in total. The molecule has 2 aromatic heterocycles. The van der Waals surface area contributed by atoms with Crippen molar-refractivity contribution in [3.63, 3.8) is 0 Å². The number of carboxylic acid groups (broad SMARTS) is 1. The second-order valence-corrected chi connectivity index (χ2v) is 8.04. The first-order chi connectivity index (χ1) is 12.2. The van der Waals surface area contributed by atoms with E-state index in [2.05, 4.69) is 4.98 Å². The Bertz CT molecular complexity index is 1040. The number of hydrogen-bond acceptors (Lipinski definition) is 3. The molecule has 136 valence electrons. The summed E-state index contributed by atoms with van der Waals surface area (Å²) >= 11 is 17.2. The molecule has 0 aliphatic heterocycles. The van der Waals surface area contributed by atoms with Crippen molar-refractivity contribution in [2.75, 3.05) is 11.4 Å². The third-order valence-corrected chi connectivity index (χ3v) is 4.15. The number of para-hydroxylation sites is 2. The summed E-state index contributed by atoms with van der Waals surface area (Å²) in [5.74, 6) is 0.0427. The second-order valence-electron chi connectivity index (χ2n) is 5.52. The van der Waals surface area contributed by atoms with Crippen LogP contribution in [0.4, 0.5) is 10.6 Å². The largest absolute Gasteiger partial charge is 0.465 e. The summed E-state index contributed by atoms with van der Waals surface area (Å²) < 4.78 is 1.16. The summed E-state index contributed by atoms with van der Waals surface area (Å²) in [6.07, 6.45) is 0.0685. The number of fused-ring (bicyclic) bond motifs is 1. The van der Waals surface area contributed by atoms with Crippen LogP contribution in [-0.4, -0.2) is 35.7 Å². The maximum absolute atomic E-state index is 12.6. The number of aryl methyl sites for hydroxylation is 1. The summed E-state index contributed by atoms with van der Waals surface area (Å²) in [6.45, 7) is -0.409. The minimum Gasteiger partial charge on any atom is -0.465 e. The van der Waals surface area contributed by atoms with Crippen LogP contribution in [0, 0.1) is 0 Å². The summed E-state index contributed by atoms with van der Waals surface area (Å²) in [6, 6.07) is 10.3. The topological polar surface area (TPSA) is 80.4 Å². The van der Waals surface area contributed by atoms with E-state index in [1.165, 1.54) is 21.4 Å². The van der Waals surface area contributed by atoms with Gasteiger partial charge in [0.2, 0.25) is 3.79 Å². The molecule has 0 saturated carbocycles. The molecule has 1 amide bonds. The highest BCUT2D eigenvalue weighted by atomic mass is 35.6. The average Bonchev–Trinajstić information content (AvgIpc) is 2.83. The van der Waals surface area contributed by atoms with Crippen molar-refractivity contribution >= 4 is 57.7 Å². The van der Waals surface area contributed by atoms with Gasteiger partial charge in [-0.2, -0.15) is 0 Å². The minimum absolute atomic E-state index is 0.0427. The van der Waals surface area contributed by atoms with Gasteiger partial charge in [-0.1, -0.05) is 46.9 Å². The lowest BCUT2D eigenvalue weighted by molar-refractivity contribution is 0.201. The Morgan fingerprint density at radius 3 is 2.50 bits per heavy atom. The van der Waals surface area contributed by atoms with Gasteiger partial charge in [-0.05, 0) is 18.2 Å². The smallest absolute Gasteiger partial charge is 0.413 e. The minimum atomic E-state index is -1.81. The molecule has 26 heavy (non-hydrogen) atoms. The van der Waals surface area contributed by atoms with Crippen molar-refractivity contribution in [1.82, 2.24) is 14.1 Å². The van der Waals surface area contributed by atoms with Gasteiger partial charge in [-0.25, -0.2) is 14.6 Å². The number of aromatic nitrogens is 3. The van der Waals surface area contributed by atoms with E-state index in [4.69, 9.17) is 34.8 Å². The third-order valence-electron chi connectivity index (χ3n) is 3.79. The molecule has 0 bridgehead atoms. The second kappa shape index (κ2) is 6.83. The molecule has 0 radical (unpaired) electrons. The van der Waals surface area contributed by atoms with Crippen molar-refractivity contribution in [2.45, 2.75) is 3.79 Å². The first-order valence-corrected chi connectivity index (χ1v) is 8.52. The van der Waals surface area contributed by atoms with Gasteiger partial charge in [0.05, 0.1) is 23.3 Å². The molecule has 10 heteroatoms. The van der Waals surface area contributed by atoms with Gasteiger partial charge in [0.15, 0.2) is 0 Å². The van der Waals surface area contributed by atoms with Crippen molar-refractivity contribution in [3.8, 4) is 5.69 Å². The monoisotopic (exact) mass is 414 g/mol. The number of benzene rings is 1. The Hall–Kier alpha value is -2.22. The van der Waals surface area contributed by atoms with E-state index in [9.17, 15) is 14.7 Å². The van der Waals surface area contributed by atoms with Crippen LogP contribution in [0.5, 0.6) is 0 Å². The SMILES string of the molecule is Cn1c(=O)n(-c2ccnc(N(CC(Cl)(Cl)Cl)C(=O)O)c2)c2ccccc21. The first kappa shape index (κ1) is 18.6. The number of nitrogens with zero attached hydrogens (tertiary/aromatic N) is 4. The Labute approximate surface area is 162 Å². The molecule has 1 aromatic carbocycles. The van der Waals surface area contributed by atoms with Crippen molar-refractivity contribution in [3.05, 3.63) is 53.1 Å². The predicted octanol–water partition coefficient (Wildman–Crippen LogP) is 3.58. The Morgan fingerprint density at radius 2 is 1.88 bits per heavy atom. The van der Waals surface area contributed by atoms with Crippen molar-refractivity contribution < 1.29 is 9.90 Å². The standard InChI is InChI=1S/C16H13Cl3N4O3/c1-21-11-4-2-3-5-12(11)23(14(21)24)10-6-7-20-13(8-10)22(15(25)26)9-16(17,18)19/h2-8H,9H2,1H3,(H,25,26). The number of rotatable bonds is 3.